The van der Waals surface area contributed by atoms with Crippen molar-refractivity contribution in [2.24, 2.45) is 5.41 Å². The lowest BCUT2D eigenvalue weighted by molar-refractivity contribution is -0.0343. The number of ether oxygens (including phenoxy) is 2. The molecule has 3 rings (SSSR count). The Kier molecular flexibility index (Phi) is 6.33. The topological polar surface area (TPSA) is 50.8 Å². The molecular formula is C18H31FN2O3. The minimum absolute atomic E-state index is 0.0615. The number of hydrogen-bond acceptors (Lipinski definition) is 3. The van der Waals surface area contributed by atoms with Gasteiger partial charge in [0.05, 0.1) is 18.9 Å². The number of piperidine rings is 1. The summed E-state index contributed by atoms with van der Waals surface area (Å²) in [5.41, 5.74) is -0.433. The Balaban J connectivity index is 1.38. The summed E-state index contributed by atoms with van der Waals surface area (Å²) in [5.74, 6) is 0. The highest BCUT2D eigenvalue weighted by atomic mass is 19.1. The maximum absolute atomic E-state index is 13.4. The quantitative estimate of drug-likeness (QED) is 0.836. The van der Waals surface area contributed by atoms with E-state index in [2.05, 4.69) is 5.32 Å². The van der Waals surface area contributed by atoms with Crippen LogP contribution in [-0.2, 0) is 9.47 Å². The summed E-state index contributed by atoms with van der Waals surface area (Å²) in [6.07, 6.45) is 8.87. The first-order valence-electron chi connectivity index (χ1n) is 9.53. The summed E-state index contributed by atoms with van der Waals surface area (Å²) >= 11 is 0. The number of amides is 2. The molecule has 138 valence electrons. The highest BCUT2D eigenvalue weighted by molar-refractivity contribution is 5.74. The molecule has 2 saturated heterocycles. The smallest absolute Gasteiger partial charge is 0.317 e. The van der Waals surface area contributed by atoms with Crippen molar-refractivity contribution in [1.82, 2.24) is 10.2 Å². The fourth-order valence-corrected chi connectivity index (χ4v) is 4.03. The molecule has 0 aromatic heterocycles. The van der Waals surface area contributed by atoms with Crippen LogP contribution in [0.25, 0.3) is 0 Å². The SMILES string of the molecule is O=C(NCC1(CF)CCOCC1)N1CCC(OC2CCCC2)CC1. The molecule has 0 radical (unpaired) electrons. The van der Waals surface area contributed by atoms with E-state index in [1.54, 1.807) is 0 Å². The summed E-state index contributed by atoms with van der Waals surface area (Å²) < 4.78 is 24.9. The fourth-order valence-electron chi connectivity index (χ4n) is 4.03. The van der Waals surface area contributed by atoms with Gasteiger partial charge in [-0.2, -0.15) is 0 Å². The average Bonchev–Trinajstić information content (AvgIpc) is 3.14. The molecule has 6 heteroatoms. The molecule has 2 aliphatic heterocycles. The van der Waals surface area contributed by atoms with Gasteiger partial charge in [0, 0.05) is 38.3 Å². The van der Waals surface area contributed by atoms with Crippen molar-refractivity contribution in [3.8, 4) is 0 Å². The Morgan fingerprint density at radius 2 is 1.75 bits per heavy atom. The van der Waals surface area contributed by atoms with Crippen LogP contribution in [0.1, 0.15) is 51.4 Å². The predicted molar refractivity (Wildman–Crippen MR) is 89.8 cm³/mol. The van der Waals surface area contributed by atoms with E-state index in [1.807, 2.05) is 4.90 Å². The van der Waals surface area contributed by atoms with Crippen molar-refractivity contribution in [2.75, 3.05) is 39.5 Å². The summed E-state index contributed by atoms with van der Waals surface area (Å²) in [6.45, 7) is 2.65. The fraction of sp³-hybridized carbons (Fsp3) is 0.944. The average molecular weight is 342 g/mol. The Labute approximate surface area is 144 Å². The van der Waals surface area contributed by atoms with Gasteiger partial charge in [0.2, 0.25) is 0 Å². The van der Waals surface area contributed by atoms with Crippen LogP contribution in [0.5, 0.6) is 0 Å². The molecule has 0 spiro atoms. The van der Waals surface area contributed by atoms with Gasteiger partial charge in [0.1, 0.15) is 0 Å². The van der Waals surface area contributed by atoms with Gasteiger partial charge in [0.15, 0.2) is 0 Å². The van der Waals surface area contributed by atoms with E-state index in [4.69, 9.17) is 9.47 Å². The second-order valence-corrected chi connectivity index (χ2v) is 7.63. The zero-order chi connectivity index (χ0) is 16.8. The Morgan fingerprint density at radius 1 is 1.12 bits per heavy atom. The van der Waals surface area contributed by atoms with E-state index >= 15 is 0 Å². The van der Waals surface area contributed by atoms with Crippen molar-refractivity contribution in [2.45, 2.75) is 63.6 Å². The number of halogens is 1. The van der Waals surface area contributed by atoms with Crippen LogP contribution in [-0.4, -0.2) is 62.7 Å². The monoisotopic (exact) mass is 342 g/mol. The normalized spacial score (nSPS) is 25.8. The van der Waals surface area contributed by atoms with Gasteiger partial charge in [0.25, 0.3) is 0 Å². The van der Waals surface area contributed by atoms with Gasteiger partial charge >= 0.3 is 6.03 Å². The minimum atomic E-state index is -0.433. The number of urea groups is 1. The van der Waals surface area contributed by atoms with Gasteiger partial charge in [-0.15, -0.1) is 0 Å². The van der Waals surface area contributed by atoms with Crippen LogP contribution in [0.4, 0.5) is 9.18 Å². The van der Waals surface area contributed by atoms with Crippen LogP contribution in [0, 0.1) is 5.41 Å². The molecule has 24 heavy (non-hydrogen) atoms. The number of nitrogens with zero attached hydrogens (tertiary/aromatic N) is 1. The molecule has 1 aliphatic carbocycles. The number of likely N-dealkylation sites (tertiary alicyclic amines) is 1. The first kappa shape index (κ1) is 17.9. The van der Waals surface area contributed by atoms with Gasteiger partial charge in [-0.3, -0.25) is 4.39 Å². The van der Waals surface area contributed by atoms with Crippen molar-refractivity contribution in [3.63, 3.8) is 0 Å². The highest BCUT2D eigenvalue weighted by Crippen LogP contribution is 2.30. The van der Waals surface area contributed by atoms with E-state index in [9.17, 15) is 9.18 Å². The Morgan fingerprint density at radius 3 is 2.38 bits per heavy atom. The molecule has 3 aliphatic rings. The number of carbonyl (C=O) groups is 1. The molecule has 1 N–H and O–H groups in total. The number of nitrogens with one attached hydrogen (secondary N) is 1. The molecule has 0 unspecified atom stereocenters. The third kappa shape index (κ3) is 4.60. The molecular weight excluding hydrogens is 311 g/mol. The standard InChI is InChI=1S/C18H31FN2O3/c19-13-18(7-11-23-12-8-18)14-20-17(22)21-9-5-16(6-10-21)24-15-3-1-2-4-15/h15-16H,1-14H2,(H,20,22). The van der Waals surface area contributed by atoms with E-state index in [-0.39, 0.29) is 6.03 Å². The van der Waals surface area contributed by atoms with E-state index < -0.39 is 12.1 Å². The van der Waals surface area contributed by atoms with Crippen LogP contribution in [0.15, 0.2) is 0 Å². The number of hydrogen-bond donors (Lipinski definition) is 1. The number of carbonyl (C=O) groups excluding carboxylic acids is 1. The van der Waals surface area contributed by atoms with Crippen LogP contribution in [0.2, 0.25) is 0 Å². The van der Waals surface area contributed by atoms with Gasteiger partial charge < -0.3 is 19.7 Å². The Bertz CT molecular complexity index is 401. The number of rotatable bonds is 5. The molecule has 0 aromatic carbocycles. The molecule has 3 fully saturated rings. The molecule has 0 aromatic rings. The van der Waals surface area contributed by atoms with Crippen molar-refractivity contribution >= 4 is 6.03 Å². The lowest BCUT2D eigenvalue weighted by Crippen LogP contribution is -2.50. The predicted octanol–water partition coefficient (Wildman–Crippen LogP) is 2.89. The molecule has 2 amide bonds. The van der Waals surface area contributed by atoms with E-state index in [0.29, 0.717) is 44.8 Å². The maximum Gasteiger partial charge on any atom is 0.317 e. The largest absolute Gasteiger partial charge is 0.381 e. The molecule has 2 heterocycles. The van der Waals surface area contributed by atoms with Crippen molar-refractivity contribution in [1.29, 1.82) is 0 Å². The van der Waals surface area contributed by atoms with Gasteiger partial charge in [-0.25, -0.2) is 4.79 Å². The summed E-state index contributed by atoms with van der Waals surface area (Å²) in [4.78, 5) is 14.2. The van der Waals surface area contributed by atoms with E-state index in [1.165, 1.54) is 25.7 Å². The van der Waals surface area contributed by atoms with Crippen molar-refractivity contribution < 1.29 is 18.7 Å². The molecule has 0 bridgehead atoms. The first-order chi connectivity index (χ1) is 11.7. The van der Waals surface area contributed by atoms with Crippen LogP contribution >= 0.6 is 0 Å². The zero-order valence-corrected chi connectivity index (χ0v) is 14.6. The van der Waals surface area contributed by atoms with Crippen LogP contribution < -0.4 is 5.32 Å². The second kappa shape index (κ2) is 8.48. The molecule has 5 nitrogen and oxygen atoms in total. The third-order valence-corrected chi connectivity index (χ3v) is 5.87. The van der Waals surface area contributed by atoms with Crippen LogP contribution in [0.3, 0.4) is 0 Å². The van der Waals surface area contributed by atoms with Crippen molar-refractivity contribution in [3.05, 3.63) is 0 Å². The van der Waals surface area contributed by atoms with E-state index in [0.717, 1.165) is 25.9 Å². The zero-order valence-electron chi connectivity index (χ0n) is 14.6. The minimum Gasteiger partial charge on any atom is -0.381 e. The summed E-state index contributed by atoms with van der Waals surface area (Å²) in [5, 5.41) is 2.95. The van der Waals surface area contributed by atoms with Gasteiger partial charge in [-0.05, 0) is 38.5 Å². The molecule has 0 atom stereocenters. The maximum atomic E-state index is 13.4. The third-order valence-electron chi connectivity index (χ3n) is 5.87. The lowest BCUT2D eigenvalue weighted by atomic mass is 9.81. The first-order valence-corrected chi connectivity index (χ1v) is 9.53. The summed E-state index contributed by atoms with van der Waals surface area (Å²) in [6, 6.07) is -0.0615. The number of alkyl halides is 1. The molecule has 1 saturated carbocycles. The highest BCUT2D eigenvalue weighted by Gasteiger charge is 2.34. The van der Waals surface area contributed by atoms with Gasteiger partial charge in [-0.1, -0.05) is 12.8 Å². The second-order valence-electron chi connectivity index (χ2n) is 7.63. The lowest BCUT2D eigenvalue weighted by Gasteiger charge is -2.37. The summed E-state index contributed by atoms with van der Waals surface area (Å²) in [7, 11) is 0. The Hall–Kier alpha value is -0.880.